The highest BCUT2D eigenvalue weighted by atomic mass is 16.5. The summed E-state index contributed by atoms with van der Waals surface area (Å²) in [5.74, 6) is 3.28. The zero-order valence-electron chi connectivity index (χ0n) is 17.2. The number of guanidine groups is 1. The molecule has 3 aromatic rings. The van der Waals surface area contributed by atoms with Crippen molar-refractivity contribution < 1.29 is 9.47 Å². The molecule has 0 bridgehead atoms. The van der Waals surface area contributed by atoms with Crippen LogP contribution in [-0.4, -0.2) is 48.8 Å². The molecule has 1 atom stereocenters. The molecule has 0 radical (unpaired) electrons. The van der Waals surface area contributed by atoms with Gasteiger partial charge in [-0.15, -0.1) is 0 Å². The van der Waals surface area contributed by atoms with E-state index in [2.05, 4.69) is 25.6 Å². The van der Waals surface area contributed by atoms with Gasteiger partial charge >= 0.3 is 0 Å². The molecule has 29 heavy (non-hydrogen) atoms. The number of para-hydroxylation sites is 2. The fourth-order valence-electron chi connectivity index (χ4n) is 2.93. The number of hydrogen-bond donors (Lipinski definition) is 3. The van der Waals surface area contributed by atoms with Crippen LogP contribution in [0.25, 0.3) is 11.0 Å². The first-order chi connectivity index (χ1) is 14.2. The molecule has 1 aromatic heterocycles. The number of H-pyrrole nitrogens is 1. The second-order valence-corrected chi connectivity index (χ2v) is 6.70. The monoisotopic (exact) mass is 395 g/mol. The average molecular weight is 396 g/mol. The van der Waals surface area contributed by atoms with Gasteiger partial charge in [-0.25, -0.2) is 9.98 Å². The van der Waals surface area contributed by atoms with E-state index in [0.29, 0.717) is 6.54 Å². The average Bonchev–Trinajstić information content (AvgIpc) is 3.15. The summed E-state index contributed by atoms with van der Waals surface area (Å²) < 4.78 is 11.2. The van der Waals surface area contributed by atoms with E-state index in [1.165, 1.54) is 0 Å². The Morgan fingerprint density at radius 1 is 1.14 bits per heavy atom. The highest BCUT2D eigenvalue weighted by Gasteiger charge is 2.06. The summed E-state index contributed by atoms with van der Waals surface area (Å²) in [5.41, 5.74) is 2.05. The summed E-state index contributed by atoms with van der Waals surface area (Å²) in [5, 5.41) is 6.62. The molecular weight excluding hydrogens is 366 g/mol. The summed E-state index contributed by atoms with van der Waals surface area (Å²) in [6, 6.07) is 15.6. The van der Waals surface area contributed by atoms with E-state index in [4.69, 9.17) is 9.47 Å². The molecule has 3 rings (SSSR count). The third kappa shape index (κ3) is 6.14. The van der Waals surface area contributed by atoms with Crippen LogP contribution in [0.4, 0.5) is 0 Å². The predicted molar refractivity (Wildman–Crippen MR) is 117 cm³/mol. The largest absolute Gasteiger partial charge is 0.497 e. The van der Waals surface area contributed by atoms with E-state index in [9.17, 15) is 0 Å². The normalized spacial score (nSPS) is 12.6. The van der Waals surface area contributed by atoms with Crippen molar-refractivity contribution in [3.8, 4) is 11.5 Å². The maximum Gasteiger partial charge on any atom is 0.191 e. The molecule has 7 heteroatoms. The Kier molecular flexibility index (Phi) is 7.33. The van der Waals surface area contributed by atoms with Crippen LogP contribution in [0.1, 0.15) is 19.7 Å². The number of ether oxygens (including phenoxy) is 2. The highest BCUT2D eigenvalue weighted by molar-refractivity contribution is 5.79. The third-order valence-electron chi connectivity index (χ3n) is 4.32. The van der Waals surface area contributed by atoms with E-state index < -0.39 is 0 Å². The van der Waals surface area contributed by atoms with Gasteiger partial charge in [0.2, 0.25) is 0 Å². The topological polar surface area (TPSA) is 83.6 Å². The quantitative estimate of drug-likeness (QED) is 0.383. The Labute approximate surface area is 171 Å². The van der Waals surface area contributed by atoms with Crippen LogP contribution in [-0.2, 0) is 6.42 Å². The molecule has 2 aromatic carbocycles. The summed E-state index contributed by atoms with van der Waals surface area (Å²) in [7, 11) is 1.65. The molecule has 3 N–H and O–H groups in total. The number of nitrogens with zero attached hydrogens (tertiary/aromatic N) is 2. The van der Waals surface area contributed by atoms with Gasteiger partial charge in [-0.3, -0.25) is 0 Å². The lowest BCUT2D eigenvalue weighted by atomic mass is 10.3. The predicted octanol–water partition coefficient (Wildman–Crippen LogP) is 3.14. The second-order valence-electron chi connectivity index (χ2n) is 6.70. The highest BCUT2D eigenvalue weighted by Crippen LogP contribution is 2.20. The van der Waals surface area contributed by atoms with E-state index in [0.717, 1.165) is 53.8 Å². The SMILES string of the molecule is CCNC(=NCC(C)Oc1cccc(OC)c1)NCCc1nc2ccccc2[nH]1. The van der Waals surface area contributed by atoms with Crippen LogP contribution in [0.5, 0.6) is 11.5 Å². The molecule has 0 amide bonds. The molecule has 1 heterocycles. The van der Waals surface area contributed by atoms with Gasteiger partial charge in [-0.05, 0) is 38.1 Å². The van der Waals surface area contributed by atoms with E-state index in [-0.39, 0.29) is 6.10 Å². The van der Waals surface area contributed by atoms with Crippen LogP contribution in [0, 0.1) is 0 Å². The Bertz CT molecular complexity index is 905. The van der Waals surface area contributed by atoms with Gasteiger partial charge in [0.05, 0.1) is 24.7 Å². The summed E-state index contributed by atoms with van der Waals surface area (Å²) in [4.78, 5) is 12.6. The van der Waals surface area contributed by atoms with Crippen molar-refractivity contribution in [2.75, 3.05) is 26.7 Å². The minimum atomic E-state index is -0.0621. The minimum Gasteiger partial charge on any atom is -0.497 e. The Morgan fingerprint density at radius 2 is 1.97 bits per heavy atom. The number of nitrogens with one attached hydrogen (secondary N) is 3. The lowest BCUT2D eigenvalue weighted by Crippen LogP contribution is -2.39. The van der Waals surface area contributed by atoms with Crippen molar-refractivity contribution in [3.05, 3.63) is 54.4 Å². The lowest BCUT2D eigenvalue weighted by molar-refractivity contribution is 0.229. The fourth-order valence-corrected chi connectivity index (χ4v) is 2.93. The van der Waals surface area contributed by atoms with E-state index in [1.807, 2.05) is 62.4 Å². The zero-order valence-corrected chi connectivity index (χ0v) is 17.2. The first-order valence-corrected chi connectivity index (χ1v) is 9.94. The molecule has 0 aliphatic heterocycles. The van der Waals surface area contributed by atoms with Crippen molar-refractivity contribution in [1.82, 2.24) is 20.6 Å². The first-order valence-electron chi connectivity index (χ1n) is 9.94. The van der Waals surface area contributed by atoms with Crippen LogP contribution < -0.4 is 20.1 Å². The molecule has 0 saturated heterocycles. The maximum absolute atomic E-state index is 5.94. The van der Waals surface area contributed by atoms with Gasteiger partial charge in [0.25, 0.3) is 0 Å². The van der Waals surface area contributed by atoms with E-state index >= 15 is 0 Å². The molecule has 0 aliphatic rings. The number of aliphatic imine (C=N–C) groups is 1. The number of benzene rings is 2. The van der Waals surface area contributed by atoms with Gasteiger partial charge in [-0.2, -0.15) is 0 Å². The van der Waals surface area contributed by atoms with Crippen LogP contribution in [0.2, 0.25) is 0 Å². The lowest BCUT2D eigenvalue weighted by Gasteiger charge is -2.15. The second kappa shape index (κ2) is 10.4. The van der Waals surface area contributed by atoms with Crippen molar-refractivity contribution in [1.29, 1.82) is 0 Å². The smallest absolute Gasteiger partial charge is 0.191 e. The van der Waals surface area contributed by atoms with Crippen molar-refractivity contribution in [3.63, 3.8) is 0 Å². The van der Waals surface area contributed by atoms with Crippen LogP contribution >= 0.6 is 0 Å². The summed E-state index contributed by atoms with van der Waals surface area (Å²) >= 11 is 0. The molecule has 0 spiro atoms. The van der Waals surface area contributed by atoms with Gasteiger partial charge < -0.3 is 25.1 Å². The Balaban J connectivity index is 1.50. The molecule has 1 unspecified atom stereocenters. The number of aromatic amines is 1. The van der Waals surface area contributed by atoms with Gasteiger partial charge in [-0.1, -0.05) is 18.2 Å². The third-order valence-corrected chi connectivity index (χ3v) is 4.32. The number of fused-ring (bicyclic) bond motifs is 1. The number of methoxy groups -OCH3 is 1. The van der Waals surface area contributed by atoms with Gasteiger partial charge in [0.15, 0.2) is 5.96 Å². The van der Waals surface area contributed by atoms with Gasteiger partial charge in [0.1, 0.15) is 23.4 Å². The Hall–Kier alpha value is -3.22. The first kappa shape index (κ1) is 20.5. The standard InChI is InChI=1S/C22H29N5O2/c1-4-23-22(24-13-12-21-26-19-10-5-6-11-20(19)27-21)25-15-16(2)29-18-9-7-8-17(14-18)28-3/h5-11,14,16H,4,12-13,15H2,1-3H3,(H,26,27)(H2,23,24,25). The van der Waals surface area contributed by atoms with Crippen molar-refractivity contribution in [2.45, 2.75) is 26.4 Å². The van der Waals surface area contributed by atoms with Crippen LogP contribution in [0.15, 0.2) is 53.5 Å². The van der Waals surface area contributed by atoms with Gasteiger partial charge in [0, 0.05) is 25.6 Å². The summed E-state index contributed by atoms with van der Waals surface area (Å²) in [6.45, 7) is 6.11. The molecule has 0 fully saturated rings. The summed E-state index contributed by atoms with van der Waals surface area (Å²) in [6.07, 6.45) is 0.725. The zero-order chi connectivity index (χ0) is 20.5. The van der Waals surface area contributed by atoms with E-state index in [1.54, 1.807) is 7.11 Å². The van der Waals surface area contributed by atoms with Crippen LogP contribution in [0.3, 0.4) is 0 Å². The Morgan fingerprint density at radius 3 is 2.76 bits per heavy atom. The number of imidazole rings is 1. The van der Waals surface area contributed by atoms with Crippen molar-refractivity contribution >= 4 is 17.0 Å². The number of rotatable bonds is 9. The number of aromatic nitrogens is 2. The molecule has 0 aliphatic carbocycles. The molecular formula is C22H29N5O2. The maximum atomic E-state index is 5.94. The molecule has 7 nitrogen and oxygen atoms in total. The number of hydrogen-bond acceptors (Lipinski definition) is 4. The van der Waals surface area contributed by atoms with Crippen molar-refractivity contribution in [2.24, 2.45) is 4.99 Å². The fraction of sp³-hybridized carbons (Fsp3) is 0.364. The minimum absolute atomic E-state index is 0.0621. The molecule has 154 valence electrons. The molecule has 0 saturated carbocycles.